The Balaban J connectivity index is 1.98. The van der Waals surface area contributed by atoms with Crippen LogP contribution in [0.25, 0.3) is 0 Å². The fourth-order valence-electron chi connectivity index (χ4n) is 2.96. The lowest BCUT2D eigenvalue weighted by Crippen LogP contribution is -2.30. The van der Waals surface area contributed by atoms with Crippen molar-refractivity contribution in [2.75, 3.05) is 30.4 Å². The van der Waals surface area contributed by atoms with E-state index in [9.17, 15) is 4.79 Å². The largest absolute Gasteiger partial charge is 0.370 e. The summed E-state index contributed by atoms with van der Waals surface area (Å²) in [6.45, 7) is 2.19. The average Bonchev–Trinajstić information content (AvgIpc) is 2.74. The van der Waals surface area contributed by atoms with Gasteiger partial charge in [0, 0.05) is 18.7 Å². The first-order valence-electron chi connectivity index (χ1n) is 6.67. The van der Waals surface area contributed by atoms with Gasteiger partial charge in [-0.15, -0.1) is 0 Å². The summed E-state index contributed by atoms with van der Waals surface area (Å²) >= 11 is 0. The predicted octanol–water partition coefficient (Wildman–Crippen LogP) is 1.89. The van der Waals surface area contributed by atoms with Crippen LogP contribution in [0.4, 0.5) is 11.4 Å². The summed E-state index contributed by atoms with van der Waals surface area (Å²) in [5.41, 5.74) is 3.26. The molecule has 2 N–H and O–H groups in total. The predicted molar refractivity (Wildman–Crippen MR) is 72.9 cm³/mol. The third-order valence-corrected chi connectivity index (χ3v) is 3.88. The Kier molecular flexibility index (Phi) is 2.96. The number of hydrogen-bond donors (Lipinski definition) is 2. The van der Waals surface area contributed by atoms with Crippen LogP contribution in [0, 0.1) is 0 Å². The van der Waals surface area contributed by atoms with Crippen LogP contribution in [0.1, 0.15) is 30.9 Å². The highest BCUT2D eigenvalue weighted by Gasteiger charge is 2.32. The topological polar surface area (TPSA) is 44.4 Å². The molecule has 2 aliphatic heterocycles. The van der Waals surface area contributed by atoms with Crippen LogP contribution in [0.5, 0.6) is 0 Å². The van der Waals surface area contributed by atoms with E-state index >= 15 is 0 Å². The van der Waals surface area contributed by atoms with E-state index in [4.69, 9.17) is 0 Å². The number of rotatable bonds is 2. The van der Waals surface area contributed by atoms with Crippen LogP contribution in [0.3, 0.4) is 0 Å². The third kappa shape index (κ3) is 1.77. The summed E-state index contributed by atoms with van der Waals surface area (Å²) < 4.78 is 0. The second kappa shape index (κ2) is 4.61. The number of carbonyl (C=O) groups is 1. The van der Waals surface area contributed by atoms with Crippen molar-refractivity contribution in [3.8, 4) is 0 Å². The fourth-order valence-corrected chi connectivity index (χ4v) is 2.96. The Hall–Kier alpha value is -1.55. The molecule has 1 aromatic carbocycles. The SMILES string of the molecule is CNC1C(=O)Nc2c1cccc2N1CCCCC1. The number of piperidine rings is 1. The molecule has 1 aromatic rings. The molecular formula is C14H19N3O. The Labute approximate surface area is 107 Å². The maximum absolute atomic E-state index is 11.9. The Morgan fingerprint density at radius 2 is 2.06 bits per heavy atom. The van der Waals surface area contributed by atoms with Gasteiger partial charge in [-0.25, -0.2) is 0 Å². The summed E-state index contributed by atoms with van der Waals surface area (Å²) in [5, 5.41) is 6.09. The van der Waals surface area contributed by atoms with Gasteiger partial charge in [-0.05, 0) is 32.4 Å². The number of anilines is 2. The zero-order valence-electron chi connectivity index (χ0n) is 10.7. The first-order valence-corrected chi connectivity index (χ1v) is 6.67. The number of likely N-dealkylation sites (N-methyl/N-ethyl adjacent to an activating group) is 1. The van der Waals surface area contributed by atoms with E-state index in [0.717, 1.165) is 24.3 Å². The minimum absolute atomic E-state index is 0.0527. The molecule has 0 aliphatic carbocycles. The van der Waals surface area contributed by atoms with Gasteiger partial charge in [0.15, 0.2) is 0 Å². The van der Waals surface area contributed by atoms with Crippen molar-refractivity contribution < 1.29 is 4.79 Å². The monoisotopic (exact) mass is 245 g/mol. The normalized spacial score (nSPS) is 22.8. The van der Waals surface area contributed by atoms with Gasteiger partial charge in [0.25, 0.3) is 0 Å². The Bertz CT molecular complexity index is 466. The number of fused-ring (bicyclic) bond motifs is 1. The molecule has 0 spiro atoms. The lowest BCUT2D eigenvalue weighted by molar-refractivity contribution is -0.117. The van der Waals surface area contributed by atoms with Crippen LogP contribution in [-0.2, 0) is 4.79 Å². The van der Waals surface area contributed by atoms with Crippen LogP contribution in [0.15, 0.2) is 18.2 Å². The molecule has 1 amide bonds. The van der Waals surface area contributed by atoms with E-state index in [1.54, 1.807) is 0 Å². The molecule has 2 aliphatic rings. The minimum atomic E-state index is -0.204. The molecule has 0 radical (unpaired) electrons. The lowest BCUT2D eigenvalue weighted by Gasteiger charge is -2.30. The first-order chi connectivity index (χ1) is 8.81. The Morgan fingerprint density at radius 1 is 1.28 bits per heavy atom. The van der Waals surface area contributed by atoms with Crippen molar-refractivity contribution in [3.63, 3.8) is 0 Å². The molecular weight excluding hydrogens is 226 g/mol. The molecule has 1 atom stereocenters. The summed E-state index contributed by atoms with van der Waals surface area (Å²) in [5.74, 6) is 0.0527. The second-order valence-electron chi connectivity index (χ2n) is 5.00. The van der Waals surface area contributed by atoms with Crippen molar-refractivity contribution in [3.05, 3.63) is 23.8 Å². The standard InChI is InChI=1S/C14H19N3O/c1-15-13-10-6-5-7-11(12(10)16-14(13)18)17-8-3-2-4-9-17/h5-7,13,15H,2-4,8-9H2,1H3,(H,16,18). The van der Waals surface area contributed by atoms with Gasteiger partial charge in [0.1, 0.15) is 6.04 Å². The molecule has 0 bridgehead atoms. The number of carbonyl (C=O) groups excluding carboxylic acids is 1. The van der Waals surface area contributed by atoms with Gasteiger partial charge < -0.3 is 15.5 Å². The van der Waals surface area contributed by atoms with E-state index in [2.05, 4.69) is 21.6 Å². The van der Waals surface area contributed by atoms with Crippen molar-refractivity contribution in [1.82, 2.24) is 5.32 Å². The molecule has 18 heavy (non-hydrogen) atoms. The maximum Gasteiger partial charge on any atom is 0.246 e. The van der Waals surface area contributed by atoms with E-state index in [0.29, 0.717) is 0 Å². The van der Waals surface area contributed by atoms with Gasteiger partial charge in [-0.3, -0.25) is 4.79 Å². The number of nitrogens with zero attached hydrogens (tertiary/aromatic N) is 1. The van der Waals surface area contributed by atoms with Crippen molar-refractivity contribution in [1.29, 1.82) is 0 Å². The molecule has 4 nitrogen and oxygen atoms in total. The Morgan fingerprint density at radius 3 is 2.78 bits per heavy atom. The van der Waals surface area contributed by atoms with Gasteiger partial charge in [-0.1, -0.05) is 12.1 Å². The van der Waals surface area contributed by atoms with E-state index in [1.165, 1.54) is 24.9 Å². The van der Waals surface area contributed by atoms with E-state index in [-0.39, 0.29) is 11.9 Å². The molecule has 0 saturated carbocycles. The first kappa shape index (κ1) is 11.5. The summed E-state index contributed by atoms with van der Waals surface area (Å²) in [4.78, 5) is 14.3. The summed E-state index contributed by atoms with van der Waals surface area (Å²) in [6, 6.07) is 5.99. The number of benzene rings is 1. The van der Waals surface area contributed by atoms with Gasteiger partial charge in [0.05, 0.1) is 11.4 Å². The summed E-state index contributed by atoms with van der Waals surface area (Å²) in [6.07, 6.45) is 3.80. The minimum Gasteiger partial charge on any atom is -0.370 e. The highest BCUT2D eigenvalue weighted by Crippen LogP contribution is 2.39. The fraction of sp³-hybridized carbons (Fsp3) is 0.500. The molecule has 0 aromatic heterocycles. The lowest BCUT2D eigenvalue weighted by atomic mass is 10.0. The number of hydrogen-bond acceptors (Lipinski definition) is 3. The second-order valence-corrected chi connectivity index (χ2v) is 5.00. The third-order valence-electron chi connectivity index (χ3n) is 3.88. The average molecular weight is 245 g/mol. The zero-order valence-corrected chi connectivity index (χ0v) is 10.7. The zero-order chi connectivity index (χ0) is 12.5. The van der Waals surface area contributed by atoms with E-state index in [1.807, 2.05) is 19.2 Å². The quantitative estimate of drug-likeness (QED) is 0.836. The van der Waals surface area contributed by atoms with Crippen LogP contribution in [0.2, 0.25) is 0 Å². The smallest absolute Gasteiger partial charge is 0.246 e. The van der Waals surface area contributed by atoms with Gasteiger partial charge in [-0.2, -0.15) is 0 Å². The van der Waals surface area contributed by atoms with Crippen molar-refractivity contribution in [2.24, 2.45) is 0 Å². The van der Waals surface area contributed by atoms with E-state index < -0.39 is 0 Å². The highest BCUT2D eigenvalue weighted by molar-refractivity contribution is 6.06. The number of nitrogens with one attached hydrogen (secondary N) is 2. The van der Waals surface area contributed by atoms with Crippen LogP contribution < -0.4 is 15.5 Å². The molecule has 1 saturated heterocycles. The molecule has 2 heterocycles. The number of para-hydroxylation sites is 1. The van der Waals surface area contributed by atoms with Gasteiger partial charge >= 0.3 is 0 Å². The molecule has 3 rings (SSSR count). The van der Waals surface area contributed by atoms with Crippen molar-refractivity contribution in [2.45, 2.75) is 25.3 Å². The molecule has 4 heteroatoms. The van der Waals surface area contributed by atoms with Crippen LogP contribution in [-0.4, -0.2) is 26.0 Å². The molecule has 96 valence electrons. The maximum atomic E-state index is 11.9. The number of amides is 1. The summed E-state index contributed by atoms with van der Waals surface area (Å²) in [7, 11) is 1.83. The molecule has 1 unspecified atom stereocenters. The van der Waals surface area contributed by atoms with Crippen molar-refractivity contribution >= 4 is 17.3 Å². The molecule has 1 fully saturated rings. The van der Waals surface area contributed by atoms with Gasteiger partial charge in [0.2, 0.25) is 5.91 Å². The van der Waals surface area contributed by atoms with Crippen LogP contribution >= 0.6 is 0 Å². The highest BCUT2D eigenvalue weighted by atomic mass is 16.2.